The van der Waals surface area contributed by atoms with Crippen LogP contribution in [0.5, 0.6) is 23.0 Å². The fourth-order valence-electron chi connectivity index (χ4n) is 8.21. The molecule has 4 heterocycles. The average Bonchev–Trinajstić information content (AvgIpc) is 3.49. The van der Waals surface area contributed by atoms with Gasteiger partial charge in [0.1, 0.15) is 34.0 Å². The number of fused-ring (bicyclic) bond motifs is 2. The Morgan fingerprint density at radius 1 is 0.600 bits per heavy atom. The number of carbonyl (C=O) groups excluding carboxylic acids is 4. The Balaban J connectivity index is 0.000000178. The van der Waals surface area contributed by atoms with E-state index in [0.717, 1.165) is 77.9 Å². The maximum absolute atomic E-state index is 12.8. The number of pyridine rings is 2. The molecule has 15 nitrogen and oxygen atoms in total. The van der Waals surface area contributed by atoms with Crippen molar-refractivity contribution in [3.05, 3.63) is 185 Å². The molecular formula is C57H54ClN7O8S7. The number of amides is 3. The highest BCUT2D eigenvalue weighted by atomic mass is 35.5. The Hall–Kier alpha value is -6.83. The SMILES string of the molecule is CCC(=O)c1cccc2cc(Oc3ccnc(Cl)c3)ccc12.CNC(=O)c1cccc2cc(Oc3ccnc(NC(=O)c4ccc(N5CCOCC5)cc4)c3)ccc12.NC(=O)c1ccc(N2CCOCC2)cc1.S=S=S=S=S=S=S. The molecule has 0 bridgehead atoms. The maximum Gasteiger partial charge on any atom is 0.256 e. The summed E-state index contributed by atoms with van der Waals surface area (Å²) >= 11 is 15.0. The summed E-state index contributed by atoms with van der Waals surface area (Å²) in [7, 11) is 8.97. The summed E-state index contributed by atoms with van der Waals surface area (Å²) < 4.78 is 22.5. The van der Waals surface area contributed by atoms with Crippen LogP contribution in [0.2, 0.25) is 5.15 Å². The number of rotatable bonds is 12. The molecular weight excluding hydrogens is 1170 g/mol. The highest BCUT2D eigenvalue weighted by molar-refractivity contribution is 8.68. The van der Waals surface area contributed by atoms with Gasteiger partial charge in [0.25, 0.3) is 11.8 Å². The molecule has 2 aliphatic rings. The summed E-state index contributed by atoms with van der Waals surface area (Å²) in [6.07, 6.45) is 3.67. The van der Waals surface area contributed by atoms with Gasteiger partial charge in [-0.15, -0.1) is 0 Å². The summed E-state index contributed by atoms with van der Waals surface area (Å²) in [5.74, 6) is 2.21. The third-order valence-corrected chi connectivity index (χ3v) is 21.2. The number of carbonyl (C=O) groups is 4. The van der Waals surface area contributed by atoms with Crippen LogP contribution in [0.25, 0.3) is 21.5 Å². The minimum absolute atomic E-state index is 0.139. The van der Waals surface area contributed by atoms with Gasteiger partial charge in [0.2, 0.25) is 5.91 Å². The molecule has 80 heavy (non-hydrogen) atoms. The van der Waals surface area contributed by atoms with Crippen LogP contribution in [0, 0.1) is 0 Å². The first-order chi connectivity index (χ1) is 39.0. The van der Waals surface area contributed by atoms with Gasteiger partial charge in [0.05, 0.1) is 26.4 Å². The second-order valence-corrected chi connectivity index (χ2v) is 26.3. The molecule has 0 unspecified atom stereocenters. The van der Waals surface area contributed by atoms with E-state index in [2.05, 4.69) is 52.8 Å². The Labute approximate surface area is 492 Å². The molecule has 2 aliphatic heterocycles. The Bertz CT molecular complexity index is 3670. The van der Waals surface area contributed by atoms with Crippen LogP contribution >= 0.6 is 11.6 Å². The van der Waals surface area contributed by atoms with Gasteiger partial charge in [-0.1, -0.05) is 48.9 Å². The Morgan fingerprint density at radius 2 is 1.09 bits per heavy atom. The molecule has 0 aliphatic carbocycles. The molecule has 2 fully saturated rings. The lowest BCUT2D eigenvalue weighted by Gasteiger charge is -2.28. The zero-order valence-electron chi connectivity index (χ0n) is 43.2. The van der Waals surface area contributed by atoms with Crippen LogP contribution in [-0.2, 0) is 76.3 Å². The van der Waals surface area contributed by atoms with Crippen LogP contribution in [0.15, 0.2) is 158 Å². The van der Waals surface area contributed by atoms with Gasteiger partial charge in [-0.05, 0) is 125 Å². The standard InChI is InChI=1S/C28H26N4O4.C18H14ClNO2.C11H14N2O2.S7/c1-29-28(34)25-4-2-3-20-17-22(9-10-24(20)25)36-23-11-12-30-26(18-23)31-27(33)19-5-7-21(8-6-19)32-13-15-35-16-14-32;1-2-17(21)16-5-3-4-12-10-13(6-7-15(12)16)22-14-8-9-20-18(19)11-14;12-11(14)9-1-3-10(4-2-9)13-5-7-15-8-6-13;1-3-5-7-6-4-2/h2-12,17-18H,13-16H2,1H3,(H,29,34)(H,30,31,33);3-11H,2H2,1H3;1-4H,5-8H2,(H2,12,14);. The third-order valence-electron chi connectivity index (χ3n) is 12.1. The predicted octanol–water partition coefficient (Wildman–Crippen LogP) is 10.4. The van der Waals surface area contributed by atoms with Crippen LogP contribution in [-0.4, -0.2) is 93.1 Å². The van der Waals surface area contributed by atoms with Gasteiger partial charge >= 0.3 is 0 Å². The van der Waals surface area contributed by atoms with Crippen molar-refractivity contribution in [2.75, 3.05) is 74.8 Å². The summed E-state index contributed by atoms with van der Waals surface area (Å²) in [6.45, 7) is 8.29. The number of nitrogens with zero attached hydrogens (tertiary/aromatic N) is 4. The zero-order valence-corrected chi connectivity index (χ0v) is 49.7. The smallest absolute Gasteiger partial charge is 0.256 e. The van der Waals surface area contributed by atoms with E-state index in [1.807, 2.05) is 110 Å². The number of morpholine rings is 2. The van der Waals surface area contributed by atoms with Gasteiger partial charge in [-0.25, -0.2) is 9.97 Å². The topological polar surface area (TPSA) is 188 Å². The fourth-order valence-corrected chi connectivity index (χ4v) is 16.6. The van der Waals surface area contributed by atoms with Crippen molar-refractivity contribution in [2.24, 2.45) is 5.73 Å². The number of ether oxygens (including phenoxy) is 4. The van der Waals surface area contributed by atoms with E-state index in [0.29, 0.717) is 70.3 Å². The van der Waals surface area contributed by atoms with E-state index in [4.69, 9.17) is 36.3 Å². The molecule has 414 valence electrons. The van der Waals surface area contributed by atoms with Crippen LogP contribution in [0.4, 0.5) is 17.2 Å². The number of primary amides is 1. The van der Waals surface area contributed by atoms with Crippen molar-refractivity contribution < 1.29 is 38.1 Å². The van der Waals surface area contributed by atoms with Gasteiger partial charge in [-0.2, -0.15) is 0 Å². The summed E-state index contributed by atoms with van der Waals surface area (Å²) in [4.78, 5) is 60.4. The van der Waals surface area contributed by atoms with Crippen molar-refractivity contribution in [1.82, 2.24) is 15.3 Å². The molecule has 0 spiro atoms. The van der Waals surface area contributed by atoms with Crippen LogP contribution < -0.4 is 35.6 Å². The minimum Gasteiger partial charge on any atom is -0.457 e. The van der Waals surface area contributed by atoms with Crippen molar-refractivity contribution in [3.8, 4) is 23.0 Å². The van der Waals surface area contributed by atoms with Crippen LogP contribution in [0.1, 0.15) is 54.8 Å². The van der Waals surface area contributed by atoms with E-state index < -0.39 is 0 Å². The van der Waals surface area contributed by atoms with Gasteiger partial charge in [-0.3, -0.25) is 19.2 Å². The van der Waals surface area contributed by atoms with E-state index in [9.17, 15) is 19.2 Å². The lowest BCUT2D eigenvalue weighted by Crippen LogP contribution is -2.36. The first-order valence-electron chi connectivity index (χ1n) is 24.8. The highest BCUT2D eigenvalue weighted by Gasteiger charge is 2.16. The van der Waals surface area contributed by atoms with Crippen molar-refractivity contribution in [3.63, 3.8) is 0 Å². The Kier molecular flexibility index (Phi) is 24.2. The number of hydrogen-bond acceptors (Lipinski definition) is 14. The quantitative estimate of drug-likeness (QED) is 0.0774. The highest BCUT2D eigenvalue weighted by Crippen LogP contribution is 2.31. The molecule has 10 rings (SSSR count). The monoisotopic (exact) mass is 1220 g/mol. The summed E-state index contributed by atoms with van der Waals surface area (Å²) in [5, 5.41) is 9.51. The molecule has 0 radical (unpaired) electrons. The van der Waals surface area contributed by atoms with E-state index in [1.54, 1.807) is 88.5 Å². The van der Waals surface area contributed by atoms with Gasteiger partial charge in [0, 0.05) is 165 Å². The predicted molar refractivity (Wildman–Crippen MR) is 337 cm³/mol. The molecule has 2 aromatic heterocycles. The fraction of sp³-hybridized carbons (Fsp3) is 0.193. The number of halogens is 1. The van der Waals surface area contributed by atoms with E-state index in [1.165, 1.54) is 17.8 Å². The number of hydrogen-bond donors (Lipinski definition) is 3. The normalized spacial score (nSPS) is 12.5. The van der Waals surface area contributed by atoms with Crippen molar-refractivity contribution in [2.45, 2.75) is 13.3 Å². The number of nitrogens with two attached hydrogens (primary N) is 1. The average molecular weight is 1230 g/mol. The number of anilines is 3. The van der Waals surface area contributed by atoms with E-state index in [-0.39, 0.29) is 23.5 Å². The summed E-state index contributed by atoms with van der Waals surface area (Å²) in [6, 6.07) is 44.1. The summed E-state index contributed by atoms with van der Waals surface area (Å²) in [5.41, 5.74) is 9.80. The second kappa shape index (κ2) is 31.8. The zero-order chi connectivity index (χ0) is 56.6. The van der Waals surface area contributed by atoms with Gasteiger partial charge < -0.3 is 45.1 Å². The minimum atomic E-state index is -0.386. The molecule has 0 atom stereocenters. The first-order valence-corrected chi connectivity index (χ1v) is 33.1. The number of benzene rings is 6. The maximum atomic E-state index is 12.8. The third kappa shape index (κ3) is 18.1. The first kappa shape index (κ1) is 60.8. The molecule has 6 aromatic carbocycles. The number of ketones is 1. The number of Topliss-reactive ketones (excluding diaryl/α,β-unsaturated/α-hetero) is 1. The van der Waals surface area contributed by atoms with Crippen molar-refractivity contribution in [1.29, 1.82) is 0 Å². The Morgan fingerprint density at radius 3 is 1.59 bits per heavy atom. The number of aromatic nitrogens is 2. The van der Waals surface area contributed by atoms with E-state index >= 15 is 0 Å². The molecule has 8 aromatic rings. The number of nitrogens with one attached hydrogen (secondary N) is 2. The largest absolute Gasteiger partial charge is 0.457 e. The van der Waals surface area contributed by atoms with Crippen molar-refractivity contribution >= 4 is 141 Å². The lowest BCUT2D eigenvalue weighted by molar-refractivity contribution is 0.0961. The van der Waals surface area contributed by atoms with Crippen LogP contribution in [0.3, 0.4) is 0 Å². The molecule has 23 heteroatoms. The lowest BCUT2D eigenvalue weighted by atomic mass is 10.00. The molecule has 4 N–H and O–H groups in total. The molecule has 2 saturated heterocycles. The molecule has 0 saturated carbocycles. The van der Waals surface area contributed by atoms with Gasteiger partial charge in [0.15, 0.2) is 5.78 Å². The molecule has 3 amide bonds. The second-order valence-electron chi connectivity index (χ2n) is 17.1.